The fourth-order valence-corrected chi connectivity index (χ4v) is 3.07. The zero-order valence-corrected chi connectivity index (χ0v) is 12.7. The van der Waals surface area contributed by atoms with E-state index in [1.807, 2.05) is 13.8 Å². The van der Waals surface area contributed by atoms with E-state index in [1.165, 1.54) is 24.3 Å². The summed E-state index contributed by atoms with van der Waals surface area (Å²) in [5, 5.41) is 0. The van der Waals surface area contributed by atoms with E-state index in [2.05, 4.69) is 4.72 Å². The van der Waals surface area contributed by atoms with E-state index in [4.69, 9.17) is 5.73 Å². The topological polar surface area (TPSA) is 89.3 Å². The zero-order valence-electron chi connectivity index (χ0n) is 11.9. The molecule has 3 N–H and O–H groups in total. The zero-order chi connectivity index (χ0) is 15.2. The summed E-state index contributed by atoms with van der Waals surface area (Å²) in [6.07, 6.45) is 3.08. The van der Waals surface area contributed by atoms with Crippen molar-refractivity contribution in [3.8, 4) is 0 Å². The van der Waals surface area contributed by atoms with Crippen LogP contribution < -0.4 is 10.5 Å². The van der Waals surface area contributed by atoms with Crippen LogP contribution in [0.2, 0.25) is 0 Å². The third kappa shape index (κ3) is 4.52. The average Bonchev–Trinajstić information content (AvgIpc) is 2.38. The van der Waals surface area contributed by atoms with E-state index in [0.29, 0.717) is 18.5 Å². The molecule has 20 heavy (non-hydrogen) atoms. The first-order chi connectivity index (χ1) is 9.40. The molecule has 0 bridgehead atoms. The van der Waals surface area contributed by atoms with Crippen molar-refractivity contribution in [3.63, 3.8) is 0 Å². The van der Waals surface area contributed by atoms with Crippen molar-refractivity contribution >= 4 is 21.6 Å². The Labute approximate surface area is 120 Å². The van der Waals surface area contributed by atoms with E-state index < -0.39 is 15.9 Å². The van der Waals surface area contributed by atoms with Gasteiger partial charge in [0.15, 0.2) is 0 Å². The molecule has 1 aromatic carbocycles. The number of amides is 1. The van der Waals surface area contributed by atoms with Gasteiger partial charge in [-0.1, -0.05) is 26.7 Å². The van der Waals surface area contributed by atoms with Gasteiger partial charge in [-0.05, 0) is 37.1 Å². The molecular formula is C14H22N2O3S. The molecule has 0 saturated carbocycles. The van der Waals surface area contributed by atoms with Crippen molar-refractivity contribution in [1.29, 1.82) is 0 Å². The molecule has 0 fully saturated rings. The number of nitrogen functional groups attached to an aromatic ring is 1. The van der Waals surface area contributed by atoms with Crippen LogP contribution in [0.4, 0.5) is 5.69 Å². The number of benzene rings is 1. The van der Waals surface area contributed by atoms with Crippen LogP contribution in [0.5, 0.6) is 0 Å². The summed E-state index contributed by atoms with van der Waals surface area (Å²) < 4.78 is 26.3. The van der Waals surface area contributed by atoms with Gasteiger partial charge in [0.05, 0.1) is 4.90 Å². The molecule has 1 aromatic rings. The van der Waals surface area contributed by atoms with Crippen LogP contribution in [-0.4, -0.2) is 14.3 Å². The molecule has 0 saturated heterocycles. The Hall–Kier alpha value is -1.56. The molecule has 0 heterocycles. The van der Waals surface area contributed by atoms with Crippen LogP contribution in [0.3, 0.4) is 0 Å². The number of carbonyl (C=O) groups is 1. The van der Waals surface area contributed by atoms with Crippen molar-refractivity contribution in [2.24, 2.45) is 5.92 Å². The molecular weight excluding hydrogens is 276 g/mol. The summed E-state index contributed by atoms with van der Waals surface area (Å²) in [5.74, 6) is -0.681. The van der Waals surface area contributed by atoms with Gasteiger partial charge in [0, 0.05) is 11.6 Å². The van der Waals surface area contributed by atoms with Crippen molar-refractivity contribution in [2.45, 2.75) is 44.4 Å². The highest BCUT2D eigenvalue weighted by Crippen LogP contribution is 2.16. The molecule has 0 aliphatic rings. The maximum absolute atomic E-state index is 12.1. The molecule has 1 amide bonds. The summed E-state index contributed by atoms with van der Waals surface area (Å²) in [6, 6.07) is 5.77. The first-order valence-electron chi connectivity index (χ1n) is 6.83. The predicted molar refractivity (Wildman–Crippen MR) is 79.5 cm³/mol. The lowest BCUT2D eigenvalue weighted by Crippen LogP contribution is -2.35. The van der Waals surface area contributed by atoms with Crippen LogP contribution >= 0.6 is 0 Å². The van der Waals surface area contributed by atoms with Gasteiger partial charge in [-0.15, -0.1) is 0 Å². The molecule has 0 radical (unpaired) electrons. The maximum Gasteiger partial charge on any atom is 0.264 e. The fraction of sp³-hybridized carbons (Fsp3) is 0.500. The van der Waals surface area contributed by atoms with Gasteiger partial charge >= 0.3 is 0 Å². The van der Waals surface area contributed by atoms with Crippen LogP contribution in [-0.2, 0) is 14.8 Å². The van der Waals surface area contributed by atoms with Crippen LogP contribution in [0.25, 0.3) is 0 Å². The third-order valence-electron chi connectivity index (χ3n) is 3.07. The second-order valence-corrected chi connectivity index (χ2v) is 6.50. The Balaban J connectivity index is 2.84. The van der Waals surface area contributed by atoms with Crippen LogP contribution in [0, 0.1) is 5.92 Å². The van der Waals surface area contributed by atoms with Gasteiger partial charge in [0.25, 0.3) is 10.0 Å². The summed E-state index contributed by atoms with van der Waals surface area (Å²) in [7, 11) is -3.81. The van der Waals surface area contributed by atoms with Crippen LogP contribution in [0.1, 0.15) is 39.5 Å². The SMILES string of the molecule is CCCC(CCC)C(=O)NS(=O)(=O)c1ccc(N)cc1. The Morgan fingerprint density at radius 1 is 1.15 bits per heavy atom. The first-order valence-corrected chi connectivity index (χ1v) is 8.31. The molecule has 0 unspecified atom stereocenters. The second kappa shape index (κ2) is 7.28. The summed E-state index contributed by atoms with van der Waals surface area (Å²) in [5.41, 5.74) is 5.99. The number of nitrogens with two attached hydrogens (primary N) is 1. The number of sulfonamides is 1. The molecule has 0 atom stereocenters. The Kier molecular flexibility index (Phi) is 6.01. The Bertz CT molecular complexity index is 532. The van der Waals surface area contributed by atoms with Crippen molar-refractivity contribution < 1.29 is 13.2 Å². The van der Waals surface area contributed by atoms with Crippen LogP contribution in [0.15, 0.2) is 29.2 Å². The minimum absolute atomic E-state index is 0.0480. The van der Waals surface area contributed by atoms with Gasteiger partial charge in [-0.25, -0.2) is 13.1 Å². The Morgan fingerprint density at radius 3 is 2.10 bits per heavy atom. The molecule has 0 aromatic heterocycles. The largest absolute Gasteiger partial charge is 0.399 e. The molecule has 0 aliphatic heterocycles. The minimum atomic E-state index is -3.81. The normalized spacial score (nSPS) is 11.6. The van der Waals surface area contributed by atoms with E-state index in [9.17, 15) is 13.2 Å². The third-order valence-corrected chi connectivity index (χ3v) is 4.43. The highest BCUT2D eigenvalue weighted by atomic mass is 32.2. The quantitative estimate of drug-likeness (QED) is 0.756. The second-order valence-electron chi connectivity index (χ2n) is 4.81. The van der Waals surface area contributed by atoms with Gasteiger partial charge in [0.1, 0.15) is 0 Å². The molecule has 5 nitrogen and oxygen atoms in total. The number of carbonyl (C=O) groups excluding carboxylic acids is 1. The highest BCUT2D eigenvalue weighted by Gasteiger charge is 2.23. The summed E-state index contributed by atoms with van der Waals surface area (Å²) in [4.78, 5) is 12.1. The van der Waals surface area contributed by atoms with Crippen molar-refractivity contribution in [1.82, 2.24) is 4.72 Å². The van der Waals surface area contributed by atoms with Gasteiger partial charge < -0.3 is 5.73 Å². The van der Waals surface area contributed by atoms with Gasteiger partial charge in [0.2, 0.25) is 5.91 Å². The Morgan fingerprint density at radius 2 is 1.65 bits per heavy atom. The lowest BCUT2D eigenvalue weighted by Gasteiger charge is -2.15. The highest BCUT2D eigenvalue weighted by molar-refractivity contribution is 7.90. The van der Waals surface area contributed by atoms with E-state index in [0.717, 1.165) is 12.8 Å². The average molecular weight is 298 g/mol. The molecule has 1 rings (SSSR count). The molecule has 0 aliphatic carbocycles. The lowest BCUT2D eigenvalue weighted by atomic mass is 9.98. The van der Waals surface area contributed by atoms with E-state index in [-0.39, 0.29) is 10.8 Å². The predicted octanol–water partition coefficient (Wildman–Crippen LogP) is 2.29. The van der Waals surface area contributed by atoms with Crippen molar-refractivity contribution in [3.05, 3.63) is 24.3 Å². The number of rotatable bonds is 7. The molecule has 6 heteroatoms. The fourth-order valence-electron chi connectivity index (χ4n) is 2.03. The first kappa shape index (κ1) is 16.5. The van der Waals surface area contributed by atoms with E-state index in [1.54, 1.807) is 0 Å². The number of anilines is 1. The summed E-state index contributed by atoms with van der Waals surface area (Å²) in [6.45, 7) is 3.95. The smallest absolute Gasteiger partial charge is 0.264 e. The summed E-state index contributed by atoms with van der Waals surface area (Å²) >= 11 is 0. The lowest BCUT2D eigenvalue weighted by molar-refractivity contribution is -0.123. The minimum Gasteiger partial charge on any atom is -0.399 e. The monoisotopic (exact) mass is 298 g/mol. The van der Waals surface area contributed by atoms with Gasteiger partial charge in [-0.2, -0.15) is 0 Å². The number of hydrogen-bond donors (Lipinski definition) is 2. The molecule has 112 valence electrons. The van der Waals surface area contributed by atoms with Gasteiger partial charge in [-0.3, -0.25) is 4.79 Å². The van der Waals surface area contributed by atoms with Crippen molar-refractivity contribution in [2.75, 3.05) is 5.73 Å². The number of hydrogen-bond acceptors (Lipinski definition) is 4. The molecule has 0 spiro atoms. The maximum atomic E-state index is 12.1. The van der Waals surface area contributed by atoms with E-state index >= 15 is 0 Å². The number of nitrogens with one attached hydrogen (secondary N) is 1. The standard InChI is InChI=1S/C14H22N2O3S/c1-3-5-11(6-4-2)14(17)16-20(18,19)13-9-7-12(15)8-10-13/h7-11H,3-6,15H2,1-2H3,(H,16,17).